The smallest absolute Gasteiger partial charge is 0.316 e. The van der Waals surface area contributed by atoms with Gasteiger partial charge in [-0.25, -0.2) is 0 Å². The fourth-order valence-electron chi connectivity index (χ4n) is 2.27. The molecule has 2 rings (SSSR count). The first kappa shape index (κ1) is 8.41. The molecule has 2 aliphatic rings. The summed E-state index contributed by atoms with van der Waals surface area (Å²) < 4.78 is 4.49. The number of ether oxygens (including phenoxy) is 1. The van der Waals surface area contributed by atoms with E-state index < -0.39 is 11.9 Å². The third-order valence-electron chi connectivity index (χ3n) is 3.05. The SMILES string of the molecule is COC(=O)C1C[C@@H]2[C@@H](C=O)[C@@H]2C1=O. The molecule has 4 heteroatoms. The van der Waals surface area contributed by atoms with Crippen LogP contribution in [0.1, 0.15) is 6.42 Å². The van der Waals surface area contributed by atoms with E-state index in [1.54, 1.807) is 0 Å². The predicted molar refractivity (Wildman–Crippen MR) is 41.7 cm³/mol. The highest BCUT2D eigenvalue weighted by Crippen LogP contribution is 2.56. The Morgan fingerprint density at radius 1 is 1.62 bits per heavy atom. The van der Waals surface area contributed by atoms with Crippen LogP contribution >= 0.6 is 0 Å². The van der Waals surface area contributed by atoms with Crippen molar-refractivity contribution in [3.05, 3.63) is 0 Å². The van der Waals surface area contributed by atoms with Gasteiger partial charge in [0.05, 0.1) is 7.11 Å². The number of carbonyl (C=O) groups excluding carboxylic acids is 3. The molecule has 2 aliphatic carbocycles. The summed E-state index contributed by atoms with van der Waals surface area (Å²) in [7, 11) is 1.27. The minimum Gasteiger partial charge on any atom is -0.468 e. The van der Waals surface area contributed by atoms with E-state index in [0.717, 1.165) is 6.29 Å². The van der Waals surface area contributed by atoms with Crippen molar-refractivity contribution >= 4 is 18.0 Å². The molecular weight excluding hydrogens is 172 g/mol. The van der Waals surface area contributed by atoms with Crippen LogP contribution < -0.4 is 0 Å². The molecule has 0 radical (unpaired) electrons. The van der Waals surface area contributed by atoms with E-state index in [4.69, 9.17) is 0 Å². The van der Waals surface area contributed by atoms with Gasteiger partial charge in [-0.2, -0.15) is 0 Å². The molecule has 4 nitrogen and oxygen atoms in total. The summed E-state index contributed by atoms with van der Waals surface area (Å²) in [6.45, 7) is 0. The van der Waals surface area contributed by atoms with Crippen LogP contribution in [0.4, 0.5) is 0 Å². The summed E-state index contributed by atoms with van der Waals surface area (Å²) in [6.07, 6.45) is 1.32. The highest BCUT2D eigenvalue weighted by molar-refractivity contribution is 6.05. The number of fused-ring (bicyclic) bond motifs is 1. The van der Waals surface area contributed by atoms with Crippen LogP contribution in [-0.2, 0) is 19.1 Å². The average molecular weight is 182 g/mol. The minimum atomic E-state index is -0.601. The summed E-state index contributed by atoms with van der Waals surface area (Å²) >= 11 is 0. The van der Waals surface area contributed by atoms with E-state index >= 15 is 0 Å². The lowest BCUT2D eigenvalue weighted by atomic mass is 9.99. The van der Waals surface area contributed by atoms with E-state index in [2.05, 4.69) is 4.74 Å². The predicted octanol–water partition coefficient (Wildman–Crippen LogP) is -0.191. The zero-order valence-corrected chi connectivity index (χ0v) is 7.23. The Kier molecular flexibility index (Phi) is 1.71. The Morgan fingerprint density at radius 2 is 2.31 bits per heavy atom. The topological polar surface area (TPSA) is 60.4 Å². The Hall–Kier alpha value is -1.19. The van der Waals surface area contributed by atoms with Crippen LogP contribution in [0.2, 0.25) is 0 Å². The van der Waals surface area contributed by atoms with Crippen molar-refractivity contribution in [2.45, 2.75) is 6.42 Å². The van der Waals surface area contributed by atoms with Crippen molar-refractivity contribution < 1.29 is 19.1 Å². The molecule has 0 saturated heterocycles. The second-order valence-electron chi connectivity index (χ2n) is 3.62. The molecule has 4 atom stereocenters. The molecule has 0 spiro atoms. The largest absolute Gasteiger partial charge is 0.468 e. The summed E-state index contributed by atoms with van der Waals surface area (Å²) in [5.74, 6) is -1.34. The maximum Gasteiger partial charge on any atom is 0.316 e. The Balaban J connectivity index is 2.06. The monoisotopic (exact) mass is 182 g/mol. The Bertz CT molecular complexity index is 283. The number of esters is 1. The number of hydrogen-bond donors (Lipinski definition) is 0. The van der Waals surface area contributed by atoms with Gasteiger partial charge in [0.25, 0.3) is 0 Å². The first-order valence-corrected chi connectivity index (χ1v) is 4.27. The molecule has 0 aromatic rings. The molecule has 0 aromatic heterocycles. The summed E-state index contributed by atoms with van der Waals surface area (Å²) in [4.78, 5) is 32.9. The van der Waals surface area contributed by atoms with E-state index in [9.17, 15) is 14.4 Å². The number of methoxy groups -OCH3 is 1. The third kappa shape index (κ3) is 1.01. The van der Waals surface area contributed by atoms with Gasteiger partial charge in [-0.05, 0) is 12.3 Å². The average Bonchev–Trinajstić information content (AvgIpc) is 2.75. The Morgan fingerprint density at radius 3 is 2.69 bits per heavy atom. The van der Waals surface area contributed by atoms with Gasteiger partial charge in [0, 0.05) is 11.8 Å². The lowest BCUT2D eigenvalue weighted by molar-refractivity contribution is -0.149. The molecular formula is C9H10O4. The second kappa shape index (κ2) is 2.65. The molecule has 0 aromatic carbocycles. The standard InChI is InChI=1S/C9H10O4/c1-13-9(12)5-2-4-6(3-10)7(4)8(5)11/h3-7H,2H2,1H3/t4-,5?,6-,7-/m1/s1. The zero-order chi connectivity index (χ0) is 9.59. The van der Waals surface area contributed by atoms with Crippen LogP contribution in [-0.4, -0.2) is 25.1 Å². The molecule has 0 N–H and O–H groups in total. The molecule has 13 heavy (non-hydrogen) atoms. The number of aldehydes is 1. The van der Waals surface area contributed by atoms with Crippen molar-refractivity contribution in [3.8, 4) is 0 Å². The van der Waals surface area contributed by atoms with E-state index in [-0.39, 0.29) is 23.5 Å². The summed E-state index contributed by atoms with van der Waals surface area (Å²) in [5, 5.41) is 0. The summed E-state index contributed by atoms with van der Waals surface area (Å²) in [6, 6.07) is 0. The first-order valence-electron chi connectivity index (χ1n) is 4.27. The van der Waals surface area contributed by atoms with Crippen LogP contribution in [0.25, 0.3) is 0 Å². The number of ketones is 1. The van der Waals surface area contributed by atoms with Crippen LogP contribution in [0.3, 0.4) is 0 Å². The van der Waals surface area contributed by atoms with Gasteiger partial charge < -0.3 is 9.53 Å². The number of rotatable bonds is 2. The normalized spacial score (nSPS) is 41.2. The number of Topliss-reactive ketones (excluding diaryl/α,β-unsaturated/α-hetero) is 1. The van der Waals surface area contributed by atoms with E-state index in [1.807, 2.05) is 0 Å². The fourth-order valence-corrected chi connectivity index (χ4v) is 2.27. The van der Waals surface area contributed by atoms with Gasteiger partial charge in [-0.3, -0.25) is 9.59 Å². The van der Waals surface area contributed by atoms with Crippen molar-refractivity contribution in [2.24, 2.45) is 23.7 Å². The molecule has 0 amide bonds. The van der Waals surface area contributed by atoms with Crippen molar-refractivity contribution in [1.82, 2.24) is 0 Å². The quantitative estimate of drug-likeness (QED) is 0.337. The van der Waals surface area contributed by atoms with E-state index in [0.29, 0.717) is 6.42 Å². The highest BCUT2D eigenvalue weighted by atomic mass is 16.5. The van der Waals surface area contributed by atoms with Gasteiger partial charge in [-0.1, -0.05) is 0 Å². The lowest BCUT2D eigenvalue weighted by Gasteiger charge is -2.07. The van der Waals surface area contributed by atoms with Gasteiger partial charge >= 0.3 is 5.97 Å². The Labute approximate surface area is 75.2 Å². The molecule has 2 saturated carbocycles. The van der Waals surface area contributed by atoms with Gasteiger partial charge in [0.15, 0.2) is 5.78 Å². The fraction of sp³-hybridized carbons (Fsp3) is 0.667. The number of hydrogen-bond acceptors (Lipinski definition) is 4. The molecule has 2 fully saturated rings. The van der Waals surface area contributed by atoms with Crippen LogP contribution in [0.15, 0.2) is 0 Å². The molecule has 70 valence electrons. The van der Waals surface area contributed by atoms with E-state index in [1.165, 1.54) is 7.11 Å². The van der Waals surface area contributed by atoms with Crippen molar-refractivity contribution in [2.75, 3.05) is 7.11 Å². The van der Waals surface area contributed by atoms with Gasteiger partial charge in [0.2, 0.25) is 0 Å². The summed E-state index contributed by atoms with van der Waals surface area (Å²) in [5.41, 5.74) is 0. The van der Waals surface area contributed by atoms with Crippen molar-refractivity contribution in [1.29, 1.82) is 0 Å². The van der Waals surface area contributed by atoms with Crippen LogP contribution in [0, 0.1) is 23.7 Å². The first-order chi connectivity index (χ1) is 6.20. The van der Waals surface area contributed by atoms with Crippen LogP contribution in [0.5, 0.6) is 0 Å². The zero-order valence-electron chi connectivity index (χ0n) is 7.23. The van der Waals surface area contributed by atoms with Gasteiger partial charge in [-0.15, -0.1) is 0 Å². The number of carbonyl (C=O) groups is 3. The molecule has 0 aliphatic heterocycles. The highest BCUT2D eigenvalue weighted by Gasteiger charge is 2.63. The second-order valence-corrected chi connectivity index (χ2v) is 3.62. The molecule has 0 bridgehead atoms. The minimum absolute atomic E-state index is 0.103. The lowest BCUT2D eigenvalue weighted by Crippen LogP contribution is -2.24. The third-order valence-corrected chi connectivity index (χ3v) is 3.05. The maximum atomic E-state index is 11.5. The van der Waals surface area contributed by atoms with Gasteiger partial charge in [0.1, 0.15) is 12.2 Å². The molecule has 0 heterocycles. The van der Waals surface area contributed by atoms with Crippen molar-refractivity contribution in [3.63, 3.8) is 0 Å². The molecule has 1 unspecified atom stereocenters. The maximum absolute atomic E-state index is 11.5.